The van der Waals surface area contributed by atoms with E-state index >= 15 is 0 Å². The number of hydrogen-bond donors (Lipinski definition) is 2. The van der Waals surface area contributed by atoms with Crippen molar-refractivity contribution in [1.82, 2.24) is 4.98 Å². The minimum atomic E-state index is 0.00603. The highest BCUT2D eigenvalue weighted by Crippen LogP contribution is 2.30. The van der Waals surface area contributed by atoms with Gasteiger partial charge in [0.1, 0.15) is 5.82 Å². The fourth-order valence-corrected chi connectivity index (χ4v) is 1.88. The van der Waals surface area contributed by atoms with E-state index in [0.717, 1.165) is 31.2 Å². The van der Waals surface area contributed by atoms with Crippen LogP contribution in [0.1, 0.15) is 44.6 Å². The third-order valence-corrected chi connectivity index (χ3v) is 3.34. The second-order valence-corrected chi connectivity index (χ2v) is 5.30. The first-order valence-corrected chi connectivity index (χ1v) is 7.17. The number of aromatic nitrogens is 1. The van der Waals surface area contributed by atoms with E-state index in [-0.39, 0.29) is 17.7 Å². The van der Waals surface area contributed by atoms with Crippen molar-refractivity contribution in [3.63, 3.8) is 0 Å². The van der Waals surface area contributed by atoms with Gasteiger partial charge >= 0.3 is 0 Å². The van der Waals surface area contributed by atoms with Crippen molar-refractivity contribution in [3.05, 3.63) is 17.8 Å². The molecular weight excluding hydrogens is 254 g/mol. The topological polar surface area (TPSA) is 71.1 Å². The number of nitrogens with one attached hydrogen (secondary N) is 2. The number of anilines is 2. The van der Waals surface area contributed by atoms with Crippen LogP contribution < -0.4 is 10.6 Å². The van der Waals surface area contributed by atoms with Gasteiger partial charge in [-0.25, -0.2) is 4.98 Å². The minimum absolute atomic E-state index is 0.00603. The number of carbonyl (C=O) groups is 2. The summed E-state index contributed by atoms with van der Waals surface area (Å²) in [5.74, 6) is 0.750. The standard InChI is InChI=1S/C15H21N3O2/c1-3-4-5-14(19)17-12-9-16-13(8-10(12)2)18-15(20)11-6-7-11/h8-9,11H,3-7H2,1-2H3,(H,17,19)(H,16,18,20). The molecule has 0 radical (unpaired) electrons. The SMILES string of the molecule is CCCCC(=O)Nc1cnc(NC(=O)C2CC2)cc1C. The van der Waals surface area contributed by atoms with Crippen LogP contribution in [0.25, 0.3) is 0 Å². The van der Waals surface area contributed by atoms with Crippen molar-refractivity contribution in [1.29, 1.82) is 0 Å². The molecule has 1 aromatic rings. The molecule has 0 aromatic carbocycles. The zero-order valence-corrected chi connectivity index (χ0v) is 12.0. The number of amides is 2. The molecule has 108 valence electrons. The molecule has 0 aliphatic heterocycles. The number of carbonyl (C=O) groups excluding carboxylic acids is 2. The summed E-state index contributed by atoms with van der Waals surface area (Å²) < 4.78 is 0. The zero-order valence-electron chi connectivity index (χ0n) is 12.0. The van der Waals surface area contributed by atoms with Crippen LogP contribution in [-0.2, 0) is 9.59 Å². The average Bonchev–Trinajstić information content (AvgIpc) is 3.24. The van der Waals surface area contributed by atoms with E-state index in [4.69, 9.17) is 0 Å². The molecule has 0 atom stereocenters. The summed E-state index contributed by atoms with van der Waals surface area (Å²) in [6.45, 7) is 3.95. The fraction of sp³-hybridized carbons (Fsp3) is 0.533. The molecule has 20 heavy (non-hydrogen) atoms. The van der Waals surface area contributed by atoms with Crippen molar-refractivity contribution < 1.29 is 9.59 Å². The highest BCUT2D eigenvalue weighted by molar-refractivity contribution is 5.94. The molecular formula is C15H21N3O2. The van der Waals surface area contributed by atoms with E-state index < -0.39 is 0 Å². The lowest BCUT2D eigenvalue weighted by Gasteiger charge is -2.10. The summed E-state index contributed by atoms with van der Waals surface area (Å²) in [7, 11) is 0. The Balaban J connectivity index is 1.94. The van der Waals surface area contributed by atoms with Crippen molar-refractivity contribution >= 4 is 23.3 Å². The highest BCUT2D eigenvalue weighted by atomic mass is 16.2. The monoisotopic (exact) mass is 275 g/mol. The van der Waals surface area contributed by atoms with Gasteiger partial charge in [-0.1, -0.05) is 13.3 Å². The number of unbranched alkanes of at least 4 members (excludes halogenated alkanes) is 1. The molecule has 2 amide bonds. The van der Waals surface area contributed by atoms with E-state index in [9.17, 15) is 9.59 Å². The maximum Gasteiger partial charge on any atom is 0.228 e. The van der Waals surface area contributed by atoms with Crippen molar-refractivity contribution in [2.24, 2.45) is 5.92 Å². The van der Waals surface area contributed by atoms with Gasteiger partial charge in [0.15, 0.2) is 0 Å². The molecule has 0 bridgehead atoms. The molecule has 1 fully saturated rings. The Labute approximate surface area is 119 Å². The first kappa shape index (κ1) is 14.5. The maximum atomic E-state index is 11.7. The molecule has 5 nitrogen and oxygen atoms in total. The van der Waals surface area contributed by atoms with Crippen molar-refractivity contribution in [2.75, 3.05) is 10.6 Å². The summed E-state index contributed by atoms with van der Waals surface area (Å²) in [6, 6.07) is 1.79. The molecule has 1 heterocycles. The van der Waals surface area contributed by atoms with Crippen LogP contribution >= 0.6 is 0 Å². The molecule has 0 spiro atoms. The van der Waals surface area contributed by atoms with Crippen LogP contribution in [0.2, 0.25) is 0 Å². The van der Waals surface area contributed by atoms with E-state index in [0.29, 0.717) is 17.9 Å². The predicted octanol–water partition coefficient (Wildman–Crippen LogP) is 2.87. The Kier molecular flexibility index (Phi) is 4.71. The Morgan fingerprint density at radius 1 is 1.35 bits per heavy atom. The first-order valence-electron chi connectivity index (χ1n) is 7.17. The molecule has 2 rings (SSSR count). The van der Waals surface area contributed by atoms with Gasteiger partial charge in [-0.2, -0.15) is 0 Å². The maximum absolute atomic E-state index is 11.7. The third kappa shape index (κ3) is 4.05. The Hall–Kier alpha value is -1.91. The zero-order chi connectivity index (χ0) is 14.5. The van der Waals surface area contributed by atoms with E-state index in [1.54, 1.807) is 12.3 Å². The normalized spacial score (nSPS) is 13.9. The van der Waals surface area contributed by atoms with Crippen LogP contribution in [0.5, 0.6) is 0 Å². The molecule has 1 aliphatic carbocycles. The summed E-state index contributed by atoms with van der Waals surface area (Å²) in [5, 5.41) is 5.64. The Morgan fingerprint density at radius 2 is 2.10 bits per heavy atom. The molecule has 2 N–H and O–H groups in total. The van der Waals surface area contributed by atoms with Crippen molar-refractivity contribution in [2.45, 2.75) is 46.0 Å². The van der Waals surface area contributed by atoms with Gasteiger partial charge in [0.25, 0.3) is 0 Å². The highest BCUT2D eigenvalue weighted by Gasteiger charge is 2.29. The number of hydrogen-bond acceptors (Lipinski definition) is 3. The van der Waals surface area contributed by atoms with Gasteiger partial charge in [-0.05, 0) is 37.8 Å². The molecule has 0 unspecified atom stereocenters. The molecule has 1 aromatic heterocycles. The smallest absolute Gasteiger partial charge is 0.228 e. The number of pyridine rings is 1. The molecule has 0 saturated heterocycles. The van der Waals surface area contributed by atoms with Crippen LogP contribution in [0.4, 0.5) is 11.5 Å². The molecule has 5 heteroatoms. The lowest BCUT2D eigenvalue weighted by Crippen LogP contribution is -2.16. The van der Waals surface area contributed by atoms with E-state index in [2.05, 4.69) is 22.5 Å². The fourth-order valence-electron chi connectivity index (χ4n) is 1.88. The quantitative estimate of drug-likeness (QED) is 0.838. The van der Waals surface area contributed by atoms with Crippen LogP contribution in [0, 0.1) is 12.8 Å². The predicted molar refractivity (Wildman–Crippen MR) is 78.5 cm³/mol. The van der Waals surface area contributed by atoms with Gasteiger partial charge < -0.3 is 10.6 Å². The van der Waals surface area contributed by atoms with Gasteiger partial charge in [0.05, 0.1) is 11.9 Å². The lowest BCUT2D eigenvalue weighted by atomic mass is 10.2. The summed E-state index contributed by atoms with van der Waals surface area (Å²) in [6.07, 6.45) is 5.94. The second-order valence-electron chi connectivity index (χ2n) is 5.30. The number of rotatable bonds is 6. The van der Waals surface area contributed by atoms with E-state index in [1.807, 2.05) is 6.92 Å². The van der Waals surface area contributed by atoms with Crippen molar-refractivity contribution in [3.8, 4) is 0 Å². The third-order valence-electron chi connectivity index (χ3n) is 3.34. The second kappa shape index (κ2) is 6.50. The molecule has 1 aliphatic rings. The number of aryl methyl sites for hydroxylation is 1. The summed E-state index contributed by atoms with van der Waals surface area (Å²) in [4.78, 5) is 27.5. The summed E-state index contributed by atoms with van der Waals surface area (Å²) >= 11 is 0. The van der Waals surface area contributed by atoms with Gasteiger partial charge in [-0.15, -0.1) is 0 Å². The summed E-state index contributed by atoms with van der Waals surface area (Å²) in [5.41, 5.74) is 1.60. The minimum Gasteiger partial charge on any atom is -0.325 e. The first-order chi connectivity index (χ1) is 9.60. The van der Waals surface area contributed by atoms with Gasteiger partial charge in [0, 0.05) is 12.3 Å². The lowest BCUT2D eigenvalue weighted by molar-refractivity contribution is -0.117. The van der Waals surface area contributed by atoms with Crippen LogP contribution in [-0.4, -0.2) is 16.8 Å². The van der Waals surface area contributed by atoms with Gasteiger partial charge in [0.2, 0.25) is 11.8 Å². The van der Waals surface area contributed by atoms with E-state index in [1.165, 1.54) is 0 Å². The Morgan fingerprint density at radius 3 is 2.70 bits per heavy atom. The largest absolute Gasteiger partial charge is 0.325 e. The molecule has 1 saturated carbocycles. The van der Waals surface area contributed by atoms with Crippen LogP contribution in [0.3, 0.4) is 0 Å². The van der Waals surface area contributed by atoms with Crippen LogP contribution in [0.15, 0.2) is 12.3 Å². The number of nitrogens with zero attached hydrogens (tertiary/aromatic N) is 1. The van der Waals surface area contributed by atoms with Gasteiger partial charge in [-0.3, -0.25) is 9.59 Å². The Bertz CT molecular complexity index is 510. The average molecular weight is 275 g/mol.